The summed E-state index contributed by atoms with van der Waals surface area (Å²) in [5.41, 5.74) is 8.13. The standard InChI is InChI=1S/C11H21N3/c1-5-6-9-8(2)13-10(14-9)7-11(3,4)12/h5-7,12H2,1-4H3,(H,13,14). The molecule has 1 heterocycles. The van der Waals surface area contributed by atoms with Crippen molar-refractivity contribution in [3.8, 4) is 0 Å². The summed E-state index contributed by atoms with van der Waals surface area (Å²) in [5.74, 6) is 1.01. The molecule has 0 aromatic carbocycles. The fourth-order valence-electron chi connectivity index (χ4n) is 1.56. The first-order valence-electron chi connectivity index (χ1n) is 5.25. The molecule has 0 saturated heterocycles. The van der Waals surface area contributed by atoms with Crippen LogP contribution in [0.15, 0.2) is 0 Å². The Morgan fingerprint density at radius 1 is 1.43 bits per heavy atom. The predicted molar refractivity (Wildman–Crippen MR) is 59.3 cm³/mol. The number of H-pyrrole nitrogens is 1. The second-order valence-electron chi connectivity index (χ2n) is 4.67. The van der Waals surface area contributed by atoms with E-state index in [0.717, 1.165) is 25.1 Å². The van der Waals surface area contributed by atoms with Gasteiger partial charge in [-0.3, -0.25) is 0 Å². The average molecular weight is 195 g/mol. The summed E-state index contributed by atoms with van der Waals surface area (Å²) in [5, 5.41) is 0. The number of hydrogen-bond acceptors (Lipinski definition) is 2. The number of rotatable bonds is 4. The maximum Gasteiger partial charge on any atom is 0.108 e. The lowest BCUT2D eigenvalue weighted by Crippen LogP contribution is -2.34. The average Bonchev–Trinajstić information content (AvgIpc) is 2.28. The molecule has 14 heavy (non-hydrogen) atoms. The molecule has 0 atom stereocenters. The third kappa shape index (κ3) is 3.14. The van der Waals surface area contributed by atoms with E-state index in [2.05, 4.69) is 23.8 Å². The van der Waals surface area contributed by atoms with Crippen molar-refractivity contribution in [3.63, 3.8) is 0 Å². The summed E-state index contributed by atoms with van der Waals surface area (Å²) in [6.45, 7) is 8.28. The number of nitrogens with two attached hydrogens (primary N) is 1. The van der Waals surface area contributed by atoms with Crippen LogP contribution in [-0.4, -0.2) is 15.5 Å². The van der Waals surface area contributed by atoms with Gasteiger partial charge in [-0.2, -0.15) is 0 Å². The first kappa shape index (κ1) is 11.2. The Morgan fingerprint density at radius 3 is 2.57 bits per heavy atom. The lowest BCUT2D eigenvalue weighted by molar-refractivity contribution is 0.504. The SMILES string of the molecule is CCCc1nc(CC(C)(C)N)[nH]c1C. The van der Waals surface area contributed by atoms with Crippen LogP contribution in [0.5, 0.6) is 0 Å². The Labute approximate surface area is 86.1 Å². The summed E-state index contributed by atoms with van der Waals surface area (Å²) in [7, 11) is 0. The zero-order chi connectivity index (χ0) is 10.8. The van der Waals surface area contributed by atoms with E-state index in [9.17, 15) is 0 Å². The maximum atomic E-state index is 5.94. The minimum absolute atomic E-state index is 0.187. The Balaban J connectivity index is 2.75. The largest absolute Gasteiger partial charge is 0.346 e. The minimum Gasteiger partial charge on any atom is -0.346 e. The molecule has 3 nitrogen and oxygen atoms in total. The summed E-state index contributed by atoms with van der Waals surface area (Å²) in [6, 6.07) is 0. The first-order valence-corrected chi connectivity index (χ1v) is 5.25. The first-order chi connectivity index (χ1) is 6.42. The molecule has 3 heteroatoms. The smallest absolute Gasteiger partial charge is 0.108 e. The number of aryl methyl sites for hydroxylation is 2. The molecule has 0 aliphatic heterocycles. The van der Waals surface area contributed by atoms with Crippen molar-refractivity contribution in [2.24, 2.45) is 5.73 Å². The highest BCUT2D eigenvalue weighted by Crippen LogP contribution is 2.11. The second-order valence-corrected chi connectivity index (χ2v) is 4.67. The highest BCUT2D eigenvalue weighted by Gasteiger charge is 2.15. The summed E-state index contributed by atoms with van der Waals surface area (Å²) >= 11 is 0. The van der Waals surface area contributed by atoms with Crippen molar-refractivity contribution in [3.05, 3.63) is 17.2 Å². The molecule has 0 saturated carbocycles. The van der Waals surface area contributed by atoms with Crippen LogP contribution < -0.4 is 5.73 Å². The third-order valence-corrected chi connectivity index (χ3v) is 2.14. The Morgan fingerprint density at radius 2 is 2.07 bits per heavy atom. The Hall–Kier alpha value is -0.830. The molecule has 3 N–H and O–H groups in total. The highest BCUT2D eigenvalue weighted by atomic mass is 14.9. The van der Waals surface area contributed by atoms with Gasteiger partial charge in [0.05, 0.1) is 5.69 Å². The molecule has 1 aromatic heterocycles. The number of imidazole rings is 1. The molecule has 0 fully saturated rings. The zero-order valence-electron chi connectivity index (χ0n) is 9.65. The van der Waals surface area contributed by atoms with Crippen LogP contribution in [0.2, 0.25) is 0 Å². The van der Waals surface area contributed by atoms with E-state index in [0.29, 0.717) is 0 Å². The van der Waals surface area contributed by atoms with Gasteiger partial charge in [0.1, 0.15) is 5.82 Å². The van der Waals surface area contributed by atoms with Gasteiger partial charge in [0.2, 0.25) is 0 Å². The summed E-state index contributed by atoms with van der Waals surface area (Å²) in [4.78, 5) is 7.84. The van der Waals surface area contributed by atoms with E-state index in [1.54, 1.807) is 0 Å². The summed E-state index contributed by atoms with van der Waals surface area (Å²) < 4.78 is 0. The normalized spacial score (nSPS) is 12.1. The Kier molecular flexibility index (Phi) is 3.32. The van der Waals surface area contributed by atoms with Crippen LogP contribution in [0, 0.1) is 6.92 Å². The van der Waals surface area contributed by atoms with Gasteiger partial charge in [0.15, 0.2) is 0 Å². The number of nitrogens with zero attached hydrogens (tertiary/aromatic N) is 1. The van der Waals surface area contributed by atoms with Gasteiger partial charge in [0.25, 0.3) is 0 Å². The lowest BCUT2D eigenvalue weighted by Gasteiger charge is -2.15. The van der Waals surface area contributed by atoms with Crippen LogP contribution >= 0.6 is 0 Å². The molecular weight excluding hydrogens is 174 g/mol. The van der Waals surface area contributed by atoms with Crippen LogP contribution in [0.4, 0.5) is 0 Å². The van der Waals surface area contributed by atoms with Crippen molar-refractivity contribution >= 4 is 0 Å². The van der Waals surface area contributed by atoms with E-state index in [1.807, 2.05) is 13.8 Å². The molecule has 80 valence electrons. The van der Waals surface area contributed by atoms with E-state index < -0.39 is 0 Å². The van der Waals surface area contributed by atoms with Crippen molar-refractivity contribution in [1.29, 1.82) is 0 Å². The minimum atomic E-state index is -0.187. The van der Waals surface area contributed by atoms with Crippen molar-refractivity contribution in [2.75, 3.05) is 0 Å². The molecule has 0 unspecified atom stereocenters. The van der Waals surface area contributed by atoms with Gasteiger partial charge in [0, 0.05) is 17.7 Å². The van der Waals surface area contributed by atoms with Crippen LogP contribution in [0.25, 0.3) is 0 Å². The van der Waals surface area contributed by atoms with Crippen molar-refractivity contribution in [2.45, 2.75) is 52.5 Å². The molecule has 1 aromatic rings. The van der Waals surface area contributed by atoms with Gasteiger partial charge < -0.3 is 10.7 Å². The van der Waals surface area contributed by atoms with E-state index in [4.69, 9.17) is 5.73 Å². The Bertz CT molecular complexity index is 294. The van der Waals surface area contributed by atoms with Gasteiger partial charge in [-0.25, -0.2) is 4.98 Å². The number of aromatic amines is 1. The van der Waals surface area contributed by atoms with Gasteiger partial charge in [-0.15, -0.1) is 0 Å². The molecule has 0 spiro atoms. The fraction of sp³-hybridized carbons (Fsp3) is 0.727. The van der Waals surface area contributed by atoms with Crippen molar-refractivity contribution in [1.82, 2.24) is 9.97 Å². The van der Waals surface area contributed by atoms with Crippen LogP contribution in [-0.2, 0) is 12.8 Å². The molecule has 0 bridgehead atoms. The molecule has 0 aliphatic rings. The topological polar surface area (TPSA) is 54.7 Å². The van der Waals surface area contributed by atoms with E-state index in [-0.39, 0.29) is 5.54 Å². The number of nitrogens with one attached hydrogen (secondary N) is 1. The van der Waals surface area contributed by atoms with Crippen molar-refractivity contribution < 1.29 is 0 Å². The predicted octanol–water partition coefficient (Wildman–Crippen LogP) is 1.95. The molecule has 0 aliphatic carbocycles. The molecule has 0 radical (unpaired) electrons. The maximum absolute atomic E-state index is 5.94. The summed E-state index contributed by atoms with van der Waals surface area (Å²) in [6.07, 6.45) is 2.99. The quantitative estimate of drug-likeness (QED) is 0.771. The highest BCUT2D eigenvalue weighted by molar-refractivity contribution is 5.14. The molecule has 1 rings (SSSR count). The monoisotopic (exact) mass is 195 g/mol. The van der Waals surface area contributed by atoms with Crippen LogP contribution in [0.3, 0.4) is 0 Å². The number of aromatic nitrogens is 2. The van der Waals surface area contributed by atoms with E-state index in [1.165, 1.54) is 11.4 Å². The number of hydrogen-bond donors (Lipinski definition) is 2. The zero-order valence-corrected chi connectivity index (χ0v) is 9.65. The van der Waals surface area contributed by atoms with E-state index >= 15 is 0 Å². The molecule has 0 amide bonds. The van der Waals surface area contributed by atoms with Gasteiger partial charge in [-0.1, -0.05) is 13.3 Å². The second kappa shape index (κ2) is 4.13. The lowest BCUT2D eigenvalue weighted by atomic mass is 10.0. The van der Waals surface area contributed by atoms with Gasteiger partial charge >= 0.3 is 0 Å². The molecular formula is C11H21N3. The van der Waals surface area contributed by atoms with Crippen LogP contribution in [0.1, 0.15) is 44.4 Å². The fourth-order valence-corrected chi connectivity index (χ4v) is 1.56. The van der Waals surface area contributed by atoms with Gasteiger partial charge in [-0.05, 0) is 27.2 Å². The third-order valence-electron chi connectivity index (χ3n) is 2.14.